The van der Waals surface area contributed by atoms with Crippen molar-refractivity contribution in [3.8, 4) is 6.07 Å². The smallest absolute Gasteiger partial charge is 0.244 e. The Labute approximate surface area is 124 Å². The second kappa shape index (κ2) is 7.85. The minimum atomic E-state index is -0.683. The maximum Gasteiger partial charge on any atom is 0.244 e. The average molecular weight is 285 g/mol. The van der Waals surface area contributed by atoms with E-state index in [2.05, 4.69) is 5.32 Å². The SMILES string of the molecule is CCC(C)C(NC(=O)C=Cc1cccc(C#N)c1)C(N)=O. The van der Waals surface area contributed by atoms with E-state index in [1.807, 2.05) is 19.9 Å². The zero-order valence-corrected chi connectivity index (χ0v) is 12.2. The minimum Gasteiger partial charge on any atom is -0.368 e. The first-order chi connectivity index (χ1) is 9.97. The standard InChI is InChI=1S/C16H19N3O2/c1-3-11(2)15(16(18)21)19-14(20)8-7-12-5-4-6-13(9-12)10-17/h4-9,11,15H,3H2,1-2H3,(H2,18,21)(H,19,20). The Morgan fingerprint density at radius 2 is 2.19 bits per heavy atom. The number of nitrogens with two attached hydrogens (primary N) is 1. The predicted octanol–water partition coefficient (Wildman–Crippen LogP) is 1.59. The summed E-state index contributed by atoms with van der Waals surface area (Å²) in [5.41, 5.74) is 6.55. The number of nitriles is 1. The van der Waals surface area contributed by atoms with Crippen molar-refractivity contribution >= 4 is 17.9 Å². The lowest BCUT2D eigenvalue weighted by molar-refractivity contribution is -0.126. The van der Waals surface area contributed by atoms with E-state index in [-0.39, 0.29) is 11.8 Å². The first-order valence-corrected chi connectivity index (χ1v) is 6.76. The van der Waals surface area contributed by atoms with E-state index in [4.69, 9.17) is 11.0 Å². The van der Waals surface area contributed by atoms with Crippen molar-refractivity contribution in [1.82, 2.24) is 5.32 Å². The molecule has 21 heavy (non-hydrogen) atoms. The molecule has 0 aliphatic rings. The molecule has 0 fully saturated rings. The Kier molecular flexibility index (Phi) is 6.15. The number of benzene rings is 1. The molecular weight excluding hydrogens is 266 g/mol. The molecule has 0 aromatic heterocycles. The normalized spacial score (nSPS) is 13.4. The van der Waals surface area contributed by atoms with Gasteiger partial charge in [-0.25, -0.2) is 0 Å². The van der Waals surface area contributed by atoms with Gasteiger partial charge in [-0.3, -0.25) is 9.59 Å². The Hall–Kier alpha value is -2.61. The van der Waals surface area contributed by atoms with Crippen molar-refractivity contribution in [3.63, 3.8) is 0 Å². The van der Waals surface area contributed by atoms with Gasteiger partial charge in [0.1, 0.15) is 6.04 Å². The Balaban J connectivity index is 2.73. The molecule has 2 unspecified atom stereocenters. The largest absolute Gasteiger partial charge is 0.368 e. The van der Waals surface area contributed by atoms with Crippen LogP contribution in [-0.2, 0) is 9.59 Å². The Morgan fingerprint density at radius 1 is 1.48 bits per heavy atom. The van der Waals surface area contributed by atoms with Gasteiger partial charge in [-0.1, -0.05) is 32.4 Å². The molecule has 2 atom stereocenters. The fourth-order valence-corrected chi connectivity index (χ4v) is 1.81. The molecule has 0 spiro atoms. The third-order valence-electron chi connectivity index (χ3n) is 3.26. The van der Waals surface area contributed by atoms with Gasteiger partial charge < -0.3 is 11.1 Å². The van der Waals surface area contributed by atoms with E-state index in [9.17, 15) is 9.59 Å². The molecule has 0 aliphatic carbocycles. The highest BCUT2D eigenvalue weighted by Crippen LogP contribution is 2.08. The van der Waals surface area contributed by atoms with Gasteiger partial charge in [0.2, 0.25) is 11.8 Å². The van der Waals surface area contributed by atoms with E-state index < -0.39 is 11.9 Å². The first kappa shape index (κ1) is 16.4. The molecule has 1 aromatic rings. The van der Waals surface area contributed by atoms with Crippen molar-refractivity contribution < 1.29 is 9.59 Å². The number of rotatable bonds is 6. The van der Waals surface area contributed by atoms with Gasteiger partial charge in [0.15, 0.2) is 0 Å². The van der Waals surface area contributed by atoms with Gasteiger partial charge in [0.05, 0.1) is 11.6 Å². The summed E-state index contributed by atoms with van der Waals surface area (Å²) in [5.74, 6) is -0.958. The third kappa shape index (κ3) is 5.11. The molecule has 3 N–H and O–H groups in total. The predicted molar refractivity (Wildman–Crippen MR) is 80.8 cm³/mol. The van der Waals surface area contributed by atoms with Crippen LogP contribution < -0.4 is 11.1 Å². The second-order valence-corrected chi connectivity index (χ2v) is 4.84. The lowest BCUT2D eigenvalue weighted by Crippen LogP contribution is -2.47. The highest BCUT2D eigenvalue weighted by molar-refractivity contribution is 5.95. The van der Waals surface area contributed by atoms with Crippen LogP contribution >= 0.6 is 0 Å². The fourth-order valence-electron chi connectivity index (χ4n) is 1.81. The van der Waals surface area contributed by atoms with E-state index in [0.29, 0.717) is 5.56 Å². The van der Waals surface area contributed by atoms with Gasteiger partial charge in [-0.15, -0.1) is 0 Å². The van der Waals surface area contributed by atoms with Gasteiger partial charge in [0, 0.05) is 6.08 Å². The summed E-state index contributed by atoms with van der Waals surface area (Å²) < 4.78 is 0. The van der Waals surface area contributed by atoms with Crippen molar-refractivity contribution in [2.24, 2.45) is 11.7 Å². The average Bonchev–Trinajstić information content (AvgIpc) is 2.49. The summed E-state index contributed by atoms with van der Waals surface area (Å²) in [6, 6.07) is 8.22. The number of nitrogens with one attached hydrogen (secondary N) is 1. The number of carbonyl (C=O) groups is 2. The monoisotopic (exact) mass is 285 g/mol. The van der Waals surface area contributed by atoms with Crippen LogP contribution in [0.15, 0.2) is 30.3 Å². The highest BCUT2D eigenvalue weighted by atomic mass is 16.2. The quantitative estimate of drug-likeness (QED) is 0.777. The second-order valence-electron chi connectivity index (χ2n) is 4.84. The summed E-state index contributed by atoms with van der Waals surface area (Å²) in [5, 5.41) is 11.4. The summed E-state index contributed by atoms with van der Waals surface area (Å²) in [6.07, 6.45) is 3.65. The van der Waals surface area contributed by atoms with Crippen LogP contribution in [0.5, 0.6) is 0 Å². The van der Waals surface area contributed by atoms with Crippen LogP contribution in [0.25, 0.3) is 6.08 Å². The summed E-state index contributed by atoms with van der Waals surface area (Å²) in [6.45, 7) is 3.78. The molecule has 5 nitrogen and oxygen atoms in total. The van der Waals surface area contributed by atoms with Gasteiger partial charge in [-0.2, -0.15) is 5.26 Å². The Morgan fingerprint density at radius 3 is 2.76 bits per heavy atom. The summed E-state index contributed by atoms with van der Waals surface area (Å²) >= 11 is 0. The first-order valence-electron chi connectivity index (χ1n) is 6.76. The number of primary amides is 1. The minimum absolute atomic E-state index is 0.0261. The van der Waals surface area contributed by atoms with Crippen molar-refractivity contribution in [2.45, 2.75) is 26.3 Å². The molecule has 0 saturated carbocycles. The van der Waals surface area contributed by atoms with Crippen LogP contribution in [-0.4, -0.2) is 17.9 Å². The number of carbonyl (C=O) groups excluding carboxylic acids is 2. The fraction of sp³-hybridized carbons (Fsp3) is 0.312. The van der Waals surface area contributed by atoms with Crippen LogP contribution in [0, 0.1) is 17.2 Å². The lowest BCUT2D eigenvalue weighted by Gasteiger charge is -2.20. The van der Waals surface area contributed by atoms with Gasteiger partial charge in [-0.05, 0) is 29.7 Å². The highest BCUT2D eigenvalue weighted by Gasteiger charge is 2.22. The zero-order valence-electron chi connectivity index (χ0n) is 12.2. The van der Waals surface area contributed by atoms with E-state index in [0.717, 1.165) is 12.0 Å². The maximum absolute atomic E-state index is 11.8. The molecular formula is C16H19N3O2. The molecule has 110 valence electrons. The maximum atomic E-state index is 11.8. The van der Waals surface area contributed by atoms with E-state index >= 15 is 0 Å². The topological polar surface area (TPSA) is 96.0 Å². The third-order valence-corrected chi connectivity index (χ3v) is 3.26. The van der Waals surface area contributed by atoms with Crippen molar-refractivity contribution in [1.29, 1.82) is 5.26 Å². The molecule has 2 amide bonds. The lowest BCUT2D eigenvalue weighted by atomic mass is 9.98. The molecule has 0 radical (unpaired) electrons. The molecule has 0 aliphatic heterocycles. The van der Waals surface area contributed by atoms with E-state index in [1.165, 1.54) is 6.08 Å². The molecule has 1 aromatic carbocycles. The Bertz CT molecular complexity index is 587. The van der Waals surface area contributed by atoms with Crippen molar-refractivity contribution in [2.75, 3.05) is 0 Å². The van der Waals surface area contributed by atoms with Crippen molar-refractivity contribution in [3.05, 3.63) is 41.5 Å². The molecule has 0 bridgehead atoms. The van der Waals surface area contributed by atoms with Crippen LogP contribution in [0.2, 0.25) is 0 Å². The number of amides is 2. The zero-order chi connectivity index (χ0) is 15.8. The number of hydrogen-bond donors (Lipinski definition) is 2. The summed E-state index contributed by atoms with van der Waals surface area (Å²) in [7, 11) is 0. The van der Waals surface area contributed by atoms with Crippen LogP contribution in [0.4, 0.5) is 0 Å². The number of hydrogen-bond acceptors (Lipinski definition) is 3. The molecule has 0 saturated heterocycles. The van der Waals surface area contributed by atoms with E-state index in [1.54, 1.807) is 30.3 Å². The molecule has 0 heterocycles. The molecule has 5 heteroatoms. The van der Waals surface area contributed by atoms with Crippen LogP contribution in [0.1, 0.15) is 31.4 Å². The van der Waals surface area contributed by atoms with Crippen LogP contribution in [0.3, 0.4) is 0 Å². The number of nitrogens with zero attached hydrogens (tertiary/aromatic N) is 1. The molecule has 1 rings (SSSR count). The van der Waals surface area contributed by atoms with Gasteiger partial charge in [0.25, 0.3) is 0 Å². The van der Waals surface area contributed by atoms with Gasteiger partial charge >= 0.3 is 0 Å². The summed E-state index contributed by atoms with van der Waals surface area (Å²) in [4.78, 5) is 23.2.